The molecule has 0 radical (unpaired) electrons. The van der Waals surface area contributed by atoms with Crippen LogP contribution in [0.25, 0.3) is 32.2 Å². The smallest absolute Gasteiger partial charge is 0.291 e. The minimum atomic E-state index is -0.141. The van der Waals surface area contributed by atoms with Gasteiger partial charge in [0.25, 0.3) is 5.56 Å². The molecule has 1 N–H and O–H groups in total. The number of fused-ring (bicyclic) bond motifs is 4. The van der Waals surface area contributed by atoms with Crippen LogP contribution in [-0.2, 0) is 20.0 Å². The van der Waals surface area contributed by atoms with E-state index in [2.05, 4.69) is 20.3 Å². The summed E-state index contributed by atoms with van der Waals surface area (Å²) in [5, 5.41) is 14.2. The van der Waals surface area contributed by atoms with Crippen molar-refractivity contribution in [3.05, 3.63) is 69.9 Å². The highest BCUT2D eigenvalue weighted by Crippen LogP contribution is 2.31. The van der Waals surface area contributed by atoms with E-state index in [4.69, 9.17) is 9.40 Å². The third-order valence-electron chi connectivity index (χ3n) is 5.27. The van der Waals surface area contributed by atoms with Crippen LogP contribution in [0.3, 0.4) is 0 Å². The lowest BCUT2D eigenvalue weighted by atomic mass is 10.1. The van der Waals surface area contributed by atoms with Crippen LogP contribution in [0.1, 0.15) is 16.3 Å². The summed E-state index contributed by atoms with van der Waals surface area (Å²) in [7, 11) is 1.87. The van der Waals surface area contributed by atoms with Crippen LogP contribution in [0.5, 0.6) is 0 Å². The molecule has 0 aliphatic rings. The summed E-state index contributed by atoms with van der Waals surface area (Å²) in [4.78, 5) is 21.9. The number of H-pyrrole nitrogens is 1. The molecule has 0 aliphatic carbocycles. The lowest BCUT2D eigenvalue weighted by Gasteiger charge is -2.07. The van der Waals surface area contributed by atoms with E-state index < -0.39 is 0 Å². The predicted molar refractivity (Wildman–Crippen MR) is 113 cm³/mol. The molecule has 0 saturated carbocycles. The molecule has 0 saturated heterocycles. The van der Waals surface area contributed by atoms with Gasteiger partial charge >= 0.3 is 0 Å². The van der Waals surface area contributed by atoms with Gasteiger partial charge in [0.1, 0.15) is 16.3 Å². The van der Waals surface area contributed by atoms with Crippen molar-refractivity contribution in [2.24, 2.45) is 7.05 Å². The van der Waals surface area contributed by atoms with Gasteiger partial charge in [-0.15, -0.1) is 11.3 Å². The molecule has 148 valence electrons. The van der Waals surface area contributed by atoms with Crippen molar-refractivity contribution < 1.29 is 4.42 Å². The fourth-order valence-corrected chi connectivity index (χ4v) is 4.94. The number of aromatic nitrogens is 7. The van der Waals surface area contributed by atoms with Crippen LogP contribution in [0.15, 0.2) is 52.4 Å². The molecule has 5 aromatic heterocycles. The minimum Gasteiger partial charge on any atom is -0.448 e. The number of rotatable bonds is 4. The van der Waals surface area contributed by atoms with Crippen LogP contribution < -0.4 is 5.56 Å². The van der Waals surface area contributed by atoms with Gasteiger partial charge in [0.05, 0.1) is 41.8 Å². The molecular formula is C20H15N7O2S. The Kier molecular flexibility index (Phi) is 3.62. The Morgan fingerprint density at radius 2 is 2.13 bits per heavy atom. The Labute approximate surface area is 172 Å². The molecule has 6 rings (SSSR count). The average Bonchev–Trinajstić information content (AvgIpc) is 3.52. The molecule has 5 heterocycles. The summed E-state index contributed by atoms with van der Waals surface area (Å²) in [6.45, 7) is 0.370. The molecule has 0 amide bonds. The highest BCUT2D eigenvalue weighted by Gasteiger charge is 2.19. The molecule has 10 heteroatoms. The van der Waals surface area contributed by atoms with Gasteiger partial charge in [0, 0.05) is 17.8 Å². The highest BCUT2D eigenvalue weighted by atomic mass is 32.1. The number of thiazole rings is 1. The fourth-order valence-electron chi connectivity index (χ4n) is 3.83. The first-order valence-electron chi connectivity index (χ1n) is 9.31. The maximum atomic E-state index is 13.2. The van der Waals surface area contributed by atoms with E-state index in [1.54, 1.807) is 29.9 Å². The van der Waals surface area contributed by atoms with Gasteiger partial charge in [-0.2, -0.15) is 10.2 Å². The van der Waals surface area contributed by atoms with Crippen LogP contribution in [0, 0.1) is 0 Å². The second-order valence-electron chi connectivity index (χ2n) is 7.08. The number of aromatic amines is 1. The molecule has 0 spiro atoms. The maximum Gasteiger partial charge on any atom is 0.291 e. The highest BCUT2D eigenvalue weighted by molar-refractivity contribution is 7.19. The first-order valence-corrected chi connectivity index (χ1v) is 10.1. The number of nitrogens with zero attached hydrogens (tertiary/aromatic N) is 6. The Morgan fingerprint density at radius 3 is 3.00 bits per heavy atom. The first-order chi connectivity index (χ1) is 14.7. The molecule has 0 atom stereocenters. The molecule has 30 heavy (non-hydrogen) atoms. The van der Waals surface area contributed by atoms with Gasteiger partial charge in [-0.3, -0.25) is 9.89 Å². The van der Waals surface area contributed by atoms with E-state index in [-0.39, 0.29) is 5.56 Å². The molecule has 0 bridgehead atoms. The van der Waals surface area contributed by atoms with Crippen molar-refractivity contribution in [3.63, 3.8) is 0 Å². The molecule has 6 aromatic rings. The van der Waals surface area contributed by atoms with Crippen molar-refractivity contribution in [1.82, 2.24) is 34.5 Å². The predicted octanol–water partition coefficient (Wildman–Crippen LogP) is 2.85. The summed E-state index contributed by atoms with van der Waals surface area (Å²) in [5.41, 5.74) is 3.16. The Hall–Kier alpha value is -3.79. The number of nitrogens with one attached hydrogen (secondary N) is 1. The lowest BCUT2D eigenvalue weighted by molar-refractivity contribution is 0.514. The van der Waals surface area contributed by atoms with Gasteiger partial charge < -0.3 is 8.98 Å². The van der Waals surface area contributed by atoms with E-state index >= 15 is 0 Å². The first kappa shape index (κ1) is 17.1. The summed E-state index contributed by atoms with van der Waals surface area (Å²) >= 11 is 1.55. The maximum absolute atomic E-state index is 13.2. The monoisotopic (exact) mass is 417 g/mol. The summed E-state index contributed by atoms with van der Waals surface area (Å²) in [5.74, 6) is 0.757. The number of hydrogen-bond donors (Lipinski definition) is 1. The molecule has 0 aliphatic heterocycles. The summed E-state index contributed by atoms with van der Waals surface area (Å²) in [6, 6.07) is 5.88. The van der Waals surface area contributed by atoms with E-state index in [0.717, 1.165) is 43.0 Å². The van der Waals surface area contributed by atoms with Gasteiger partial charge in [-0.1, -0.05) is 12.1 Å². The minimum absolute atomic E-state index is 0.141. The Bertz CT molecular complexity index is 1590. The van der Waals surface area contributed by atoms with Crippen molar-refractivity contribution in [2.75, 3.05) is 0 Å². The van der Waals surface area contributed by atoms with Crippen LogP contribution in [-0.4, -0.2) is 34.5 Å². The van der Waals surface area contributed by atoms with Gasteiger partial charge in [-0.05, 0) is 11.6 Å². The molecule has 0 unspecified atom stereocenters. The average molecular weight is 417 g/mol. The quantitative estimate of drug-likeness (QED) is 0.473. The number of aryl methyl sites for hydroxylation is 1. The Morgan fingerprint density at radius 1 is 1.20 bits per heavy atom. The third-order valence-corrected chi connectivity index (χ3v) is 6.35. The summed E-state index contributed by atoms with van der Waals surface area (Å²) in [6.07, 6.45) is 7.19. The van der Waals surface area contributed by atoms with Crippen molar-refractivity contribution in [2.45, 2.75) is 13.0 Å². The lowest BCUT2D eigenvalue weighted by Crippen LogP contribution is -2.24. The van der Waals surface area contributed by atoms with Crippen LogP contribution in [0.2, 0.25) is 0 Å². The second-order valence-corrected chi connectivity index (χ2v) is 8.17. The third kappa shape index (κ3) is 2.50. The zero-order valence-electron chi connectivity index (χ0n) is 15.9. The number of benzene rings is 1. The molecule has 1 aromatic carbocycles. The van der Waals surface area contributed by atoms with Crippen molar-refractivity contribution >= 4 is 43.5 Å². The second kappa shape index (κ2) is 6.36. The van der Waals surface area contributed by atoms with E-state index in [9.17, 15) is 4.79 Å². The fraction of sp³-hybridized carbons (Fsp3) is 0.150. The van der Waals surface area contributed by atoms with Crippen molar-refractivity contribution in [3.8, 4) is 0 Å². The zero-order valence-corrected chi connectivity index (χ0v) is 16.7. The molecule has 0 fully saturated rings. The Balaban J connectivity index is 1.45. The largest absolute Gasteiger partial charge is 0.448 e. The van der Waals surface area contributed by atoms with Gasteiger partial charge in [0.2, 0.25) is 0 Å². The normalized spacial score (nSPS) is 11.9. The zero-order chi connectivity index (χ0) is 20.2. The van der Waals surface area contributed by atoms with E-state index in [1.807, 2.05) is 29.8 Å². The standard InChI is InChI=1S/C20H15N7O2S/c1-26-17-14(18-19(26)24-16(30-18)5-12-6-21-10-29-12)8-23-27(20(17)28)9-11-3-2-4-15-13(11)7-22-25-15/h2-4,6-8,10H,5,9H2,1H3,(H,22,25). The molecular weight excluding hydrogens is 402 g/mol. The van der Waals surface area contributed by atoms with E-state index in [0.29, 0.717) is 18.5 Å². The van der Waals surface area contributed by atoms with Crippen LogP contribution >= 0.6 is 11.3 Å². The van der Waals surface area contributed by atoms with Gasteiger partial charge in [-0.25, -0.2) is 14.6 Å². The molecule has 9 nitrogen and oxygen atoms in total. The van der Waals surface area contributed by atoms with Gasteiger partial charge in [0.15, 0.2) is 12.0 Å². The summed E-state index contributed by atoms with van der Waals surface area (Å²) < 4.78 is 9.61. The van der Waals surface area contributed by atoms with Crippen LogP contribution in [0.4, 0.5) is 0 Å². The van der Waals surface area contributed by atoms with Crippen molar-refractivity contribution in [1.29, 1.82) is 0 Å². The topological polar surface area (TPSA) is 107 Å². The number of oxazole rings is 1. The SMILES string of the molecule is Cn1c2nc(Cc3cnco3)sc2c2cnn(Cc3cccc4[nH]ncc34)c(=O)c21. The number of hydrogen-bond acceptors (Lipinski definition) is 7. The van der Waals surface area contributed by atoms with E-state index in [1.165, 1.54) is 11.1 Å².